The summed E-state index contributed by atoms with van der Waals surface area (Å²) in [5, 5.41) is 2.50. The Kier molecular flexibility index (Phi) is 10.8. The van der Waals surface area contributed by atoms with Crippen LogP contribution in [0.5, 0.6) is 0 Å². The van der Waals surface area contributed by atoms with E-state index in [2.05, 4.69) is 313 Å². The van der Waals surface area contributed by atoms with E-state index in [1.807, 2.05) is 0 Å². The van der Waals surface area contributed by atoms with Crippen molar-refractivity contribution in [1.82, 2.24) is 4.57 Å². The lowest BCUT2D eigenvalue weighted by Gasteiger charge is -2.35. The molecule has 1 aromatic heterocycles. The van der Waals surface area contributed by atoms with E-state index < -0.39 is 5.41 Å². The van der Waals surface area contributed by atoms with Gasteiger partial charge in [0.05, 0.1) is 16.4 Å². The van der Waals surface area contributed by atoms with Crippen LogP contribution in [0.25, 0.3) is 83.1 Å². The van der Waals surface area contributed by atoms with Crippen molar-refractivity contribution in [3.05, 3.63) is 326 Å². The van der Waals surface area contributed by atoms with Crippen molar-refractivity contribution in [2.24, 2.45) is 0 Å². The molecule has 1 heterocycles. The molecule has 0 unspecified atom stereocenters. The average molecular weight is 955 g/mol. The number of hydrogen-bond acceptors (Lipinski definition) is 1. The molecule has 352 valence electrons. The van der Waals surface area contributed by atoms with Crippen molar-refractivity contribution in [2.75, 3.05) is 4.90 Å². The van der Waals surface area contributed by atoms with Crippen LogP contribution in [0.1, 0.15) is 22.3 Å². The van der Waals surface area contributed by atoms with Gasteiger partial charge in [-0.25, -0.2) is 0 Å². The molecule has 2 heteroatoms. The maximum absolute atomic E-state index is 2.47. The van der Waals surface area contributed by atoms with Crippen LogP contribution in [0.4, 0.5) is 17.1 Å². The number of anilines is 3. The van der Waals surface area contributed by atoms with E-state index in [1.54, 1.807) is 0 Å². The maximum Gasteiger partial charge on any atom is 0.0714 e. The molecule has 13 aromatic rings. The number of aromatic nitrogens is 1. The van der Waals surface area contributed by atoms with Crippen molar-refractivity contribution < 1.29 is 0 Å². The molecule has 1 aliphatic rings. The standard InChI is InChI=1S/C73H50N2/c1-6-21-51(22-7-1)57-46-58(52-23-8-2-9-24-52)48-64(47-57)74(63-42-44-66-65-33-16-18-35-69(65)73(70(66)50-63,59-27-10-3-11-28-59)60-29-12-4-13-30-60)62-40-37-53(38-41-62)54-25-20-26-55(45-54)56-39-43-68-67-34-17-19-36-71(67)75(72(68)49-56)61-31-14-5-15-32-61/h1-50H. The van der Waals surface area contributed by atoms with Crippen LogP contribution in [0.2, 0.25) is 0 Å². The molecular formula is C73H50N2. The van der Waals surface area contributed by atoms with E-state index in [1.165, 1.54) is 77.4 Å². The highest BCUT2D eigenvalue weighted by Crippen LogP contribution is 2.57. The molecule has 12 aromatic carbocycles. The topological polar surface area (TPSA) is 8.17 Å². The number of benzene rings is 12. The first-order valence-corrected chi connectivity index (χ1v) is 25.9. The normalized spacial score (nSPS) is 12.4. The second-order valence-electron chi connectivity index (χ2n) is 19.6. The third kappa shape index (κ3) is 7.49. The molecule has 2 nitrogen and oxygen atoms in total. The smallest absolute Gasteiger partial charge is 0.0714 e. The molecule has 0 aliphatic heterocycles. The zero-order valence-electron chi connectivity index (χ0n) is 41.3. The molecule has 1 aliphatic carbocycles. The van der Waals surface area contributed by atoms with Crippen LogP contribution in [-0.4, -0.2) is 4.57 Å². The second kappa shape index (κ2) is 18.4. The van der Waals surface area contributed by atoms with Gasteiger partial charge in [-0.05, 0) is 151 Å². The first kappa shape index (κ1) is 44.0. The Morgan fingerprint density at radius 1 is 0.253 bits per heavy atom. The van der Waals surface area contributed by atoms with E-state index in [0.29, 0.717) is 0 Å². The zero-order chi connectivity index (χ0) is 49.7. The summed E-state index contributed by atoms with van der Waals surface area (Å²) in [5.41, 5.74) is 23.1. The molecule has 0 amide bonds. The van der Waals surface area contributed by atoms with Crippen LogP contribution in [0.15, 0.2) is 303 Å². The lowest BCUT2D eigenvalue weighted by atomic mass is 9.67. The summed E-state index contributed by atoms with van der Waals surface area (Å²) in [6.45, 7) is 0. The first-order chi connectivity index (χ1) is 37.2. The van der Waals surface area contributed by atoms with E-state index in [0.717, 1.165) is 45.0 Å². The van der Waals surface area contributed by atoms with Crippen molar-refractivity contribution in [3.63, 3.8) is 0 Å². The van der Waals surface area contributed by atoms with Gasteiger partial charge in [-0.2, -0.15) is 0 Å². The first-order valence-electron chi connectivity index (χ1n) is 25.9. The van der Waals surface area contributed by atoms with Gasteiger partial charge < -0.3 is 9.47 Å². The molecule has 14 rings (SSSR count). The van der Waals surface area contributed by atoms with Crippen molar-refractivity contribution in [2.45, 2.75) is 5.41 Å². The van der Waals surface area contributed by atoms with Crippen molar-refractivity contribution in [3.8, 4) is 61.3 Å². The van der Waals surface area contributed by atoms with E-state index >= 15 is 0 Å². The fraction of sp³-hybridized carbons (Fsp3) is 0.0137. The largest absolute Gasteiger partial charge is 0.310 e. The Morgan fingerprint density at radius 3 is 1.39 bits per heavy atom. The lowest BCUT2D eigenvalue weighted by Crippen LogP contribution is -2.28. The minimum Gasteiger partial charge on any atom is -0.310 e. The Bertz CT molecular complexity index is 4100. The average Bonchev–Trinajstić information content (AvgIpc) is 4.00. The van der Waals surface area contributed by atoms with Gasteiger partial charge >= 0.3 is 0 Å². The van der Waals surface area contributed by atoms with Crippen molar-refractivity contribution >= 4 is 38.9 Å². The fourth-order valence-corrected chi connectivity index (χ4v) is 12.0. The van der Waals surface area contributed by atoms with Gasteiger partial charge in [0.15, 0.2) is 0 Å². The summed E-state index contributed by atoms with van der Waals surface area (Å²) in [5.74, 6) is 0. The Labute approximate surface area is 438 Å². The second-order valence-corrected chi connectivity index (χ2v) is 19.6. The van der Waals surface area contributed by atoms with Crippen LogP contribution >= 0.6 is 0 Å². The molecule has 0 radical (unpaired) electrons. The summed E-state index contributed by atoms with van der Waals surface area (Å²) in [4.78, 5) is 2.46. The summed E-state index contributed by atoms with van der Waals surface area (Å²) in [7, 11) is 0. The highest BCUT2D eigenvalue weighted by Gasteiger charge is 2.46. The van der Waals surface area contributed by atoms with Crippen molar-refractivity contribution in [1.29, 1.82) is 0 Å². The summed E-state index contributed by atoms with van der Waals surface area (Å²) in [6, 6.07) is 111. The highest BCUT2D eigenvalue weighted by molar-refractivity contribution is 6.10. The predicted molar refractivity (Wildman–Crippen MR) is 315 cm³/mol. The van der Waals surface area contributed by atoms with Gasteiger partial charge in [-0.15, -0.1) is 0 Å². The van der Waals surface area contributed by atoms with Gasteiger partial charge in [0.2, 0.25) is 0 Å². The minimum atomic E-state index is -0.547. The van der Waals surface area contributed by atoms with Crippen LogP contribution in [-0.2, 0) is 5.41 Å². The van der Waals surface area contributed by atoms with Gasteiger partial charge in [0.25, 0.3) is 0 Å². The number of rotatable bonds is 10. The number of fused-ring (bicyclic) bond motifs is 6. The maximum atomic E-state index is 2.47. The van der Waals surface area contributed by atoms with Gasteiger partial charge in [0.1, 0.15) is 0 Å². The van der Waals surface area contributed by atoms with Crippen LogP contribution in [0, 0.1) is 0 Å². The van der Waals surface area contributed by atoms with Gasteiger partial charge in [-0.1, -0.05) is 231 Å². The Hall–Kier alpha value is -9.76. The molecule has 0 saturated heterocycles. The number of para-hydroxylation sites is 2. The third-order valence-corrected chi connectivity index (χ3v) is 15.4. The zero-order valence-corrected chi connectivity index (χ0v) is 41.3. The molecule has 0 bridgehead atoms. The summed E-state index contributed by atoms with van der Waals surface area (Å²) in [6.07, 6.45) is 0. The fourth-order valence-electron chi connectivity index (χ4n) is 12.0. The molecule has 0 atom stereocenters. The quantitative estimate of drug-likeness (QED) is 0.133. The molecule has 75 heavy (non-hydrogen) atoms. The van der Waals surface area contributed by atoms with Crippen LogP contribution in [0.3, 0.4) is 0 Å². The number of hydrogen-bond donors (Lipinski definition) is 0. The summed E-state index contributed by atoms with van der Waals surface area (Å²) >= 11 is 0. The van der Waals surface area contributed by atoms with E-state index in [4.69, 9.17) is 0 Å². The van der Waals surface area contributed by atoms with Crippen LogP contribution < -0.4 is 4.90 Å². The minimum absolute atomic E-state index is 0.547. The predicted octanol–water partition coefficient (Wildman–Crippen LogP) is 19.3. The monoisotopic (exact) mass is 954 g/mol. The highest BCUT2D eigenvalue weighted by atomic mass is 15.1. The van der Waals surface area contributed by atoms with E-state index in [-0.39, 0.29) is 0 Å². The third-order valence-electron chi connectivity index (χ3n) is 15.4. The molecule has 0 spiro atoms. The Balaban J connectivity index is 0.931. The number of nitrogens with zero attached hydrogens (tertiary/aromatic N) is 2. The molecular weight excluding hydrogens is 905 g/mol. The van der Waals surface area contributed by atoms with Gasteiger partial charge in [0, 0.05) is 33.5 Å². The molecule has 0 N–H and O–H groups in total. The van der Waals surface area contributed by atoms with E-state index in [9.17, 15) is 0 Å². The summed E-state index contributed by atoms with van der Waals surface area (Å²) < 4.78 is 2.39. The molecule has 0 saturated carbocycles. The SMILES string of the molecule is c1ccc(-c2cc(-c3ccccc3)cc(N(c3ccc(-c4cccc(-c5ccc6c7ccccc7n(-c7ccccc7)c6c5)c4)cc3)c3ccc4c(c3)C(c3ccccc3)(c3ccccc3)c3ccccc3-4)c2)cc1. The lowest BCUT2D eigenvalue weighted by molar-refractivity contribution is 0.768. The Morgan fingerprint density at radius 2 is 0.720 bits per heavy atom. The van der Waals surface area contributed by atoms with Gasteiger partial charge in [-0.3, -0.25) is 0 Å². The molecule has 0 fully saturated rings.